The van der Waals surface area contributed by atoms with Crippen molar-refractivity contribution in [1.82, 2.24) is 4.90 Å². The Hall–Kier alpha value is -2.60. The van der Waals surface area contributed by atoms with E-state index in [-0.39, 0.29) is 22.8 Å². The Kier molecular flexibility index (Phi) is 4.52. The zero-order valence-electron chi connectivity index (χ0n) is 14.7. The number of ether oxygens (including phenoxy) is 1. The van der Waals surface area contributed by atoms with Crippen LogP contribution in [0.25, 0.3) is 0 Å². The van der Waals surface area contributed by atoms with Crippen molar-refractivity contribution >= 4 is 23.2 Å². The largest absolute Gasteiger partial charge is 0.487 e. The number of para-hydroxylation sites is 1. The molecular weight excluding hydrogens is 368 g/mol. The van der Waals surface area contributed by atoms with E-state index in [4.69, 9.17) is 16.3 Å². The third-order valence-electron chi connectivity index (χ3n) is 5.50. The highest BCUT2D eigenvalue weighted by Gasteiger charge is 2.41. The molecule has 1 spiro atoms. The molecule has 0 aliphatic carbocycles. The van der Waals surface area contributed by atoms with Crippen molar-refractivity contribution in [3.63, 3.8) is 0 Å². The topological polar surface area (TPSA) is 72.7 Å². The van der Waals surface area contributed by atoms with E-state index in [1.165, 1.54) is 23.8 Å². The highest BCUT2D eigenvalue weighted by atomic mass is 35.5. The second-order valence-corrected chi connectivity index (χ2v) is 7.54. The van der Waals surface area contributed by atoms with E-state index in [1.54, 1.807) is 4.90 Å². The van der Waals surface area contributed by atoms with Crippen LogP contribution in [0.15, 0.2) is 42.5 Å². The van der Waals surface area contributed by atoms with Crippen LogP contribution < -0.4 is 4.74 Å². The summed E-state index contributed by atoms with van der Waals surface area (Å²) in [7, 11) is 0. The van der Waals surface area contributed by atoms with Crippen LogP contribution in [0.3, 0.4) is 0 Å². The third kappa shape index (κ3) is 3.37. The summed E-state index contributed by atoms with van der Waals surface area (Å²) in [5, 5.41) is 11.6. The van der Waals surface area contributed by atoms with E-state index in [2.05, 4.69) is 6.07 Å². The molecule has 2 aromatic rings. The monoisotopic (exact) mass is 386 g/mol. The lowest BCUT2D eigenvalue weighted by atomic mass is 9.83. The quantitative estimate of drug-likeness (QED) is 0.571. The summed E-state index contributed by atoms with van der Waals surface area (Å²) in [5.74, 6) is 0.573. The first kappa shape index (κ1) is 17.8. The summed E-state index contributed by atoms with van der Waals surface area (Å²) in [6.45, 7) is 1.01. The number of hydrogen-bond acceptors (Lipinski definition) is 4. The Morgan fingerprint density at radius 1 is 1.15 bits per heavy atom. The molecule has 0 bridgehead atoms. The van der Waals surface area contributed by atoms with Crippen LogP contribution in [0.4, 0.5) is 5.69 Å². The van der Waals surface area contributed by atoms with Crippen molar-refractivity contribution in [2.45, 2.75) is 31.3 Å². The summed E-state index contributed by atoms with van der Waals surface area (Å²) < 4.78 is 6.31. The van der Waals surface area contributed by atoms with Gasteiger partial charge < -0.3 is 9.64 Å². The highest BCUT2D eigenvalue weighted by molar-refractivity contribution is 6.31. The molecule has 27 heavy (non-hydrogen) atoms. The summed E-state index contributed by atoms with van der Waals surface area (Å²) >= 11 is 5.96. The van der Waals surface area contributed by atoms with Crippen molar-refractivity contribution in [3.8, 4) is 5.75 Å². The number of carbonyl (C=O) groups excluding carboxylic acids is 1. The summed E-state index contributed by atoms with van der Waals surface area (Å²) in [4.78, 5) is 25.2. The molecular formula is C20H19ClN2O4. The van der Waals surface area contributed by atoms with Gasteiger partial charge in [0.15, 0.2) is 0 Å². The SMILES string of the molecule is O=C(c1cc(Cl)ccc1[N+](=O)[O-])N1CCC2(CCc3ccccc3O2)CC1. The Morgan fingerprint density at radius 2 is 1.89 bits per heavy atom. The fourth-order valence-corrected chi connectivity index (χ4v) is 4.11. The van der Waals surface area contributed by atoms with Crippen LogP contribution in [-0.2, 0) is 6.42 Å². The van der Waals surface area contributed by atoms with Gasteiger partial charge in [-0.25, -0.2) is 0 Å². The zero-order chi connectivity index (χ0) is 19.0. The Labute approximate surface area is 161 Å². The number of halogens is 1. The molecule has 2 aliphatic heterocycles. The summed E-state index contributed by atoms with van der Waals surface area (Å²) in [6.07, 6.45) is 3.30. The maximum absolute atomic E-state index is 12.9. The van der Waals surface area contributed by atoms with Crippen molar-refractivity contribution in [3.05, 3.63) is 68.7 Å². The molecule has 7 heteroatoms. The molecule has 1 amide bonds. The van der Waals surface area contributed by atoms with Gasteiger partial charge in [0.05, 0.1) is 4.92 Å². The molecule has 140 valence electrons. The maximum Gasteiger partial charge on any atom is 0.282 e. The number of hydrogen-bond donors (Lipinski definition) is 0. The summed E-state index contributed by atoms with van der Waals surface area (Å²) in [5.41, 5.74) is 0.785. The zero-order valence-corrected chi connectivity index (χ0v) is 15.4. The minimum absolute atomic E-state index is 0.0401. The number of benzene rings is 2. The van der Waals surface area contributed by atoms with Gasteiger partial charge in [0, 0.05) is 37.0 Å². The number of nitrogens with zero attached hydrogens (tertiary/aromatic N) is 2. The number of nitro benzene ring substituents is 1. The number of piperidine rings is 1. The predicted octanol–water partition coefficient (Wildman–Crippen LogP) is 4.25. The molecule has 6 nitrogen and oxygen atoms in total. The predicted molar refractivity (Wildman–Crippen MR) is 101 cm³/mol. The number of carbonyl (C=O) groups is 1. The normalized spacial score (nSPS) is 17.9. The molecule has 0 aromatic heterocycles. The van der Waals surface area contributed by atoms with E-state index in [9.17, 15) is 14.9 Å². The first-order chi connectivity index (χ1) is 13.0. The molecule has 4 rings (SSSR count). The van der Waals surface area contributed by atoms with Gasteiger partial charge >= 0.3 is 0 Å². The lowest BCUT2D eigenvalue weighted by molar-refractivity contribution is -0.385. The average molecular weight is 387 g/mol. The number of amides is 1. The van der Waals surface area contributed by atoms with Gasteiger partial charge in [0.25, 0.3) is 11.6 Å². The number of fused-ring (bicyclic) bond motifs is 1. The van der Waals surface area contributed by atoms with Crippen LogP contribution in [0.2, 0.25) is 5.02 Å². The van der Waals surface area contributed by atoms with Gasteiger partial charge in [-0.3, -0.25) is 14.9 Å². The van der Waals surface area contributed by atoms with Crippen LogP contribution in [0.1, 0.15) is 35.2 Å². The van der Waals surface area contributed by atoms with Gasteiger partial charge in [-0.15, -0.1) is 0 Å². The van der Waals surface area contributed by atoms with Gasteiger partial charge in [0.2, 0.25) is 0 Å². The van der Waals surface area contributed by atoms with Gasteiger partial charge in [-0.05, 0) is 36.6 Å². The fraction of sp³-hybridized carbons (Fsp3) is 0.350. The van der Waals surface area contributed by atoms with E-state index >= 15 is 0 Å². The molecule has 2 aromatic carbocycles. The minimum atomic E-state index is -0.545. The number of nitro groups is 1. The molecule has 1 fully saturated rings. The van der Waals surface area contributed by atoms with Crippen LogP contribution in [0.5, 0.6) is 5.75 Å². The first-order valence-corrected chi connectivity index (χ1v) is 9.35. The maximum atomic E-state index is 12.9. The van der Waals surface area contributed by atoms with Crippen LogP contribution in [-0.4, -0.2) is 34.4 Å². The molecule has 0 atom stereocenters. The second kappa shape index (κ2) is 6.85. The minimum Gasteiger partial charge on any atom is -0.487 e. The van der Waals surface area contributed by atoms with Crippen LogP contribution in [0, 0.1) is 10.1 Å². The van der Waals surface area contributed by atoms with Crippen LogP contribution >= 0.6 is 11.6 Å². The number of likely N-dealkylation sites (tertiary alicyclic amines) is 1. The number of rotatable bonds is 2. The van der Waals surface area contributed by atoms with Crippen molar-refractivity contribution in [2.24, 2.45) is 0 Å². The Morgan fingerprint density at radius 3 is 2.63 bits per heavy atom. The second-order valence-electron chi connectivity index (χ2n) is 7.10. The fourth-order valence-electron chi connectivity index (χ4n) is 3.94. The van der Waals surface area contributed by atoms with E-state index < -0.39 is 4.92 Å². The van der Waals surface area contributed by atoms with Crippen molar-refractivity contribution in [2.75, 3.05) is 13.1 Å². The summed E-state index contributed by atoms with van der Waals surface area (Å²) in [6, 6.07) is 12.1. The molecule has 2 heterocycles. The molecule has 1 saturated heterocycles. The molecule has 0 N–H and O–H groups in total. The van der Waals surface area contributed by atoms with Gasteiger partial charge in [0.1, 0.15) is 16.9 Å². The molecule has 0 saturated carbocycles. The van der Waals surface area contributed by atoms with E-state index in [1.807, 2.05) is 18.2 Å². The Balaban J connectivity index is 1.50. The van der Waals surface area contributed by atoms with Crippen molar-refractivity contribution < 1.29 is 14.5 Å². The van der Waals surface area contributed by atoms with Gasteiger partial charge in [-0.2, -0.15) is 0 Å². The lowest BCUT2D eigenvalue weighted by Gasteiger charge is -2.44. The highest BCUT2D eigenvalue weighted by Crippen LogP contribution is 2.39. The van der Waals surface area contributed by atoms with Gasteiger partial charge in [-0.1, -0.05) is 29.8 Å². The lowest BCUT2D eigenvalue weighted by Crippen LogP contribution is -2.51. The van der Waals surface area contributed by atoms with Crippen molar-refractivity contribution in [1.29, 1.82) is 0 Å². The standard InChI is InChI=1S/C20H19ClN2O4/c21-15-5-6-17(23(25)26)16(13-15)19(24)22-11-9-20(10-12-22)8-7-14-3-1-2-4-18(14)27-20/h1-6,13H,7-12H2. The molecule has 0 radical (unpaired) electrons. The average Bonchev–Trinajstić information content (AvgIpc) is 2.67. The molecule has 0 unspecified atom stereocenters. The number of aryl methyl sites for hydroxylation is 1. The smallest absolute Gasteiger partial charge is 0.282 e. The van der Waals surface area contributed by atoms with E-state index in [0.717, 1.165) is 18.6 Å². The third-order valence-corrected chi connectivity index (χ3v) is 5.73. The Bertz CT molecular complexity index is 907. The van der Waals surface area contributed by atoms with E-state index in [0.29, 0.717) is 31.0 Å². The first-order valence-electron chi connectivity index (χ1n) is 8.98. The molecule has 2 aliphatic rings.